The number of hydrogen-bond acceptors (Lipinski definition) is 9. The van der Waals surface area contributed by atoms with Crippen LogP contribution in [0.5, 0.6) is 5.75 Å². The van der Waals surface area contributed by atoms with Crippen LogP contribution in [0, 0.1) is 11.3 Å². The summed E-state index contributed by atoms with van der Waals surface area (Å²) in [4.78, 5) is 25.6. The molecule has 0 radical (unpaired) electrons. The number of carbonyl (C=O) groups is 1. The molecule has 5 heterocycles. The second-order valence-electron chi connectivity index (χ2n) is 12.2. The summed E-state index contributed by atoms with van der Waals surface area (Å²) in [6.45, 7) is 8.90. The Morgan fingerprint density at radius 2 is 1.89 bits per heavy atom. The minimum atomic E-state index is -4.27. The fraction of sp³-hybridized carbons (Fsp3) is 0.455. The number of benzene rings is 1. The van der Waals surface area contributed by atoms with Crippen LogP contribution >= 0.6 is 11.3 Å². The summed E-state index contributed by atoms with van der Waals surface area (Å²) in [6.07, 6.45) is 0.0271. The lowest BCUT2D eigenvalue weighted by atomic mass is 10.0. The van der Waals surface area contributed by atoms with Crippen molar-refractivity contribution in [3.63, 3.8) is 0 Å². The number of thiophene rings is 1. The highest BCUT2D eigenvalue weighted by molar-refractivity contribution is 7.18. The van der Waals surface area contributed by atoms with Crippen LogP contribution in [0.3, 0.4) is 0 Å². The number of ether oxygens (including phenoxy) is 1. The van der Waals surface area contributed by atoms with Gasteiger partial charge >= 0.3 is 6.18 Å². The van der Waals surface area contributed by atoms with Crippen molar-refractivity contribution < 1.29 is 22.7 Å². The Morgan fingerprint density at radius 3 is 2.62 bits per heavy atom. The van der Waals surface area contributed by atoms with Gasteiger partial charge in [-0.2, -0.15) is 18.4 Å². The number of rotatable bonds is 11. The number of likely N-dealkylation sites (tertiary alicyclic amines) is 2. The van der Waals surface area contributed by atoms with E-state index in [1.807, 2.05) is 16.7 Å². The van der Waals surface area contributed by atoms with Gasteiger partial charge in [0.1, 0.15) is 34.5 Å². The molecule has 6 rings (SSSR count). The molecule has 2 aliphatic heterocycles. The summed E-state index contributed by atoms with van der Waals surface area (Å²) in [7, 11) is 1.66. The standard InChI is InChI=1S/C33H37F3N8O2S/c1-3-30(45)40-24-6-9-43(19-24)10-11-44-25(17-37)13-21-12-22(29(46-2)15-28(21)44)18-42-7-4-23(5-8-42)41-31-27-14-26(16-33(34,35)36)47-32(27)39-20-38-31/h3,12-15,20,23-24H,1,4-11,16,18-19H2,2H3,(H,40,45)(H,38,39,41)/t24-/m0/s1. The van der Waals surface area contributed by atoms with Crippen molar-refractivity contribution in [3.05, 3.63) is 59.4 Å². The predicted molar refractivity (Wildman–Crippen MR) is 175 cm³/mol. The Balaban J connectivity index is 1.08. The maximum absolute atomic E-state index is 12.9. The second kappa shape index (κ2) is 13.9. The highest BCUT2D eigenvalue weighted by Crippen LogP contribution is 2.34. The van der Waals surface area contributed by atoms with Crippen LogP contribution in [-0.2, 0) is 24.3 Å². The number of methoxy groups -OCH3 is 1. The van der Waals surface area contributed by atoms with Gasteiger partial charge < -0.3 is 19.9 Å². The number of aromatic nitrogens is 3. The normalized spacial score (nSPS) is 18.1. The van der Waals surface area contributed by atoms with Gasteiger partial charge in [-0.3, -0.25) is 14.6 Å². The maximum Gasteiger partial charge on any atom is 0.393 e. The van der Waals surface area contributed by atoms with Gasteiger partial charge in [-0.05, 0) is 43.5 Å². The molecule has 0 spiro atoms. The van der Waals surface area contributed by atoms with Crippen LogP contribution in [0.2, 0.25) is 0 Å². The van der Waals surface area contributed by atoms with Crippen LogP contribution in [0.25, 0.3) is 21.1 Å². The molecule has 0 bridgehead atoms. The number of nitrogens with one attached hydrogen (secondary N) is 2. The minimum absolute atomic E-state index is 0.102. The number of nitriles is 1. The first-order chi connectivity index (χ1) is 22.6. The topological polar surface area (TPSA) is 111 Å². The van der Waals surface area contributed by atoms with Crippen molar-refractivity contribution in [1.29, 1.82) is 5.26 Å². The lowest BCUT2D eigenvalue weighted by molar-refractivity contribution is -0.126. The first-order valence-corrected chi connectivity index (χ1v) is 16.5. The molecule has 0 saturated carbocycles. The highest BCUT2D eigenvalue weighted by Gasteiger charge is 2.29. The smallest absolute Gasteiger partial charge is 0.393 e. The summed E-state index contributed by atoms with van der Waals surface area (Å²) in [5, 5.41) is 18.0. The quantitative estimate of drug-likeness (QED) is 0.213. The first-order valence-electron chi connectivity index (χ1n) is 15.7. The molecule has 1 atom stereocenters. The molecule has 10 nitrogen and oxygen atoms in total. The molecule has 0 unspecified atom stereocenters. The lowest BCUT2D eigenvalue weighted by Crippen LogP contribution is -2.38. The van der Waals surface area contributed by atoms with Crippen LogP contribution in [0.15, 0.2) is 43.2 Å². The van der Waals surface area contributed by atoms with Gasteiger partial charge in [0.05, 0.1) is 24.4 Å². The Hall–Kier alpha value is -4.19. The predicted octanol–water partition coefficient (Wildman–Crippen LogP) is 5.08. The molecule has 2 fully saturated rings. The van der Waals surface area contributed by atoms with Crippen molar-refractivity contribution in [2.75, 3.05) is 45.2 Å². The summed E-state index contributed by atoms with van der Waals surface area (Å²) in [5.41, 5.74) is 2.59. The molecule has 2 N–H and O–H groups in total. The van der Waals surface area contributed by atoms with Gasteiger partial charge in [0.15, 0.2) is 0 Å². The number of fused-ring (bicyclic) bond motifs is 2. The van der Waals surface area contributed by atoms with Gasteiger partial charge in [0.25, 0.3) is 0 Å². The third-order valence-corrected chi connectivity index (χ3v) is 9.98. The number of halogens is 3. The number of carbonyl (C=O) groups excluding carboxylic acids is 1. The van der Waals surface area contributed by atoms with E-state index in [1.165, 1.54) is 12.4 Å². The molecule has 3 aromatic heterocycles. The molecule has 1 aromatic carbocycles. The van der Waals surface area contributed by atoms with E-state index in [1.54, 1.807) is 13.2 Å². The fourth-order valence-electron chi connectivity index (χ4n) is 6.61. The Bertz CT molecular complexity index is 1810. The average molecular weight is 667 g/mol. The third-order valence-electron chi connectivity index (χ3n) is 8.94. The first kappa shape index (κ1) is 32.7. The molecular weight excluding hydrogens is 629 g/mol. The maximum atomic E-state index is 12.9. The molecule has 14 heteroatoms. The minimum Gasteiger partial charge on any atom is -0.496 e. The van der Waals surface area contributed by atoms with E-state index < -0.39 is 12.6 Å². The lowest BCUT2D eigenvalue weighted by Gasteiger charge is -2.33. The summed E-state index contributed by atoms with van der Waals surface area (Å²) >= 11 is 1.05. The number of amides is 1. The van der Waals surface area contributed by atoms with Gasteiger partial charge in [0, 0.05) is 79.8 Å². The molecule has 248 valence electrons. The molecule has 2 aliphatic rings. The van der Waals surface area contributed by atoms with Crippen LogP contribution in [-0.4, -0.2) is 88.3 Å². The third kappa shape index (κ3) is 7.69. The highest BCUT2D eigenvalue weighted by atomic mass is 32.1. The van der Waals surface area contributed by atoms with E-state index >= 15 is 0 Å². The monoisotopic (exact) mass is 666 g/mol. The van der Waals surface area contributed by atoms with Crippen molar-refractivity contribution >= 4 is 44.2 Å². The number of alkyl halides is 3. The van der Waals surface area contributed by atoms with Crippen LogP contribution in [0.4, 0.5) is 19.0 Å². The SMILES string of the molecule is C=CC(=O)N[C@H]1CCN(CCn2c(C#N)cc3cc(CN4CCC(Nc5ncnc6sc(CC(F)(F)F)cc56)CC4)c(OC)cc32)C1. The molecular formula is C33H37F3N8O2S. The molecule has 47 heavy (non-hydrogen) atoms. The van der Waals surface area contributed by atoms with Crippen LogP contribution in [0.1, 0.15) is 35.4 Å². The van der Waals surface area contributed by atoms with Crippen molar-refractivity contribution in [1.82, 2.24) is 29.7 Å². The second-order valence-corrected chi connectivity index (χ2v) is 13.3. The van der Waals surface area contributed by atoms with Gasteiger partial charge in [-0.1, -0.05) is 6.58 Å². The zero-order chi connectivity index (χ0) is 33.1. The van der Waals surface area contributed by atoms with Gasteiger partial charge in [-0.15, -0.1) is 11.3 Å². The van der Waals surface area contributed by atoms with Crippen LogP contribution < -0.4 is 15.4 Å². The van der Waals surface area contributed by atoms with Crippen molar-refractivity contribution in [2.24, 2.45) is 0 Å². The Morgan fingerprint density at radius 1 is 1.13 bits per heavy atom. The fourth-order valence-corrected chi connectivity index (χ4v) is 7.64. The van der Waals surface area contributed by atoms with E-state index in [9.17, 15) is 23.2 Å². The van der Waals surface area contributed by atoms with E-state index in [4.69, 9.17) is 4.74 Å². The van der Waals surface area contributed by atoms with Gasteiger partial charge in [0.2, 0.25) is 5.91 Å². The van der Waals surface area contributed by atoms with Crippen molar-refractivity contribution in [3.8, 4) is 11.8 Å². The number of nitrogens with zero attached hydrogens (tertiary/aromatic N) is 6. The van der Waals surface area contributed by atoms with E-state index in [2.05, 4.69) is 49.1 Å². The summed E-state index contributed by atoms with van der Waals surface area (Å²) in [6, 6.07) is 10.2. The average Bonchev–Trinajstić information content (AvgIpc) is 3.76. The largest absolute Gasteiger partial charge is 0.496 e. The molecule has 2 saturated heterocycles. The molecule has 1 amide bonds. The Labute approximate surface area is 274 Å². The van der Waals surface area contributed by atoms with Crippen molar-refractivity contribution in [2.45, 2.75) is 57.0 Å². The van der Waals surface area contributed by atoms with E-state index in [0.717, 1.165) is 85.5 Å². The zero-order valence-corrected chi connectivity index (χ0v) is 27.0. The zero-order valence-electron chi connectivity index (χ0n) is 26.1. The number of piperidine rings is 1. The summed E-state index contributed by atoms with van der Waals surface area (Å²) in [5.74, 6) is 1.19. The number of anilines is 1. The number of hydrogen-bond donors (Lipinski definition) is 2. The molecule has 0 aliphatic carbocycles. The Kier molecular flexibility index (Phi) is 9.67. The van der Waals surface area contributed by atoms with E-state index in [-0.39, 0.29) is 22.9 Å². The summed E-state index contributed by atoms with van der Waals surface area (Å²) < 4.78 is 46.7. The van der Waals surface area contributed by atoms with E-state index in [0.29, 0.717) is 34.8 Å². The van der Waals surface area contributed by atoms with Gasteiger partial charge in [-0.25, -0.2) is 9.97 Å². The molecule has 4 aromatic rings.